The van der Waals surface area contributed by atoms with Crippen LogP contribution in [0.25, 0.3) is 10.9 Å². The summed E-state index contributed by atoms with van der Waals surface area (Å²) in [6.07, 6.45) is 4.54. The normalized spacial score (nSPS) is 22.2. The van der Waals surface area contributed by atoms with Crippen molar-refractivity contribution < 1.29 is 9.50 Å². The third-order valence-corrected chi connectivity index (χ3v) is 3.72. The van der Waals surface area contributed by atoms with Gasteiger partial charge in [0.1, 0.15) is 5.82 Å². The smallest absolute Gasteiger partial charge is 0.125 e. The minimum atomic E-state index is -0.537. The molecule has 1 aromatic carbocycles. The lowest BCUT2D eigenvalue weighted by atomic mass is 9.95. The molecule has 0 bridgehead atoms. The van der Waals surface area contributed by atoms with Gasteiger partial charge in [-0.05, 0) is 37.6 Å². The van der Waals surface area contributed by atoms with Crippen molar-refractivity contribution >= 4 is 10.9 Å². The number of piperidine rings is 1. The van der Waals surface area contributed by atoms with Crippen molar-refractivity contribution in [1.82, 2.24) is 10.3 Å². The second-order valence-corrected chi connectivity index (χ2v) is 4.94. The van der Waals surface area contributed by atoms with Gasteiger partial charge >= 0.3 is 0 Å². The van der Waals surface area contributed by atoms with E-state index in [1.807, 2.05) is 0 Å². The number of halogens is 1. The molecule has 18 heavy (non-hydrogen) atoms. The first kappa shape index (κ1) is 11.7. The van der Waals surface area contributed by atoms with Gasteiger partial charge in [0.2, 0.25) is 0 Å². The Labute approximate surface area is 105 Å². The van der Waals surface area contributed by atoms with Crippen molar-refractivity contribution in [2.24, 2.45) is 0 Å². The van der Waals surface area contributed by atoms with Crippen LogP contribution in [0.1, 0.15) is 30.9 Å². The van der Waals surface area contributed by atoms with Crippen molar-refractivity contribution in [2.75, 3.05) is 6.54 Å². The maximum Gasteiger partial charge on any atom is 0.125 e. The molecule has 1 aliphatic rings. The van der Waals surface area contributed by atoms with Crippen LogP contribution in [0.5, 0.6) is 0 Å². The molecule has 1 aliphatic heterocycles. The van der Waals surface area contributed by atoms with E-state index in [2.05, 4.69) is 10.3 Å². The lowest BCUT2D eigenvalue weighted by Crippen LogP contribution is -2.38. The summed E-state index contributed by atoms with van der Waals surface area (Å²) in [5.41, 5.74) is 1.59. The highest BCUT2D eigenvalue weighted by atomic mass is 19.1. The van der Waals surface area contributed by atoms with Gasteiger partial charge in [-0.15, -0.1) is 0 Å². The summed E-state index contributed by atoms with van der Waals surface area (Å²) in [4.78, 5) is 3.02. The van der Waals surface area contributed by atoms with Gasteiger partial charge in [-0.2, -0.15) is 0 Å². The van der Waals surface area contributed by atoms with E-state index in [1.54, 1.807) is 12.3 Å². The summed E-state index contributed by atoms with van der Waals surface area (Å²) in [5, 5.41) is 14.7. The number of aromatic amines is 1. The lowest BCUT2D eigenvalue weighted by Gasteiger charge is -2.27. The lowest BCUT2D eigenvalue weighted by molar-refractivity contribution is 0.115. The largest absolute Gasteiger partial charge is 0.387 e. The number of rotatable bonds is 2. The average Bonchev–Trinajstić information content (AvgIpc) is 2.81. The molecule has 0 spiro atoms. The first-order valence-corrected chi connectivity index (χ1v) is 6.44. The topological polar surface area (TPSA) is 48.0 Å². The summed E-state index contributed by atoms with van der Waals surface area (Å²) < 4.78 is 13.1. The number of aromatic nitrogens is 1. The zero-order valence-corrected chi connectivity index (χ0v) is 10.1. The van der Waals surface area contributed by atoms with Gasteiger partial charge in [0.05, 0.1) is 6.10 Å². The van der Waals surface area contributed by atoms with Crippen molar-refractivity contribution in [1.29, 1.82) is 0 Å². The SMILES string of the molecule is OC(c1c[nH]c2cc(F)ccc12)C1CCCCN1. The molecule has 3 N–H and O–H groups in total. The summed E-state index contributed by atoms with van der Waals surface area (Å²) >= 11 is 0. The standard InChI is InChI=1S/C14H17FN2O/c15-9-4-5-10-11(8-17-13(10)7-9)14(18)12-3-1-2-6-16-12/h4-5,7-8,12,14,16-18H,1-3,6H2. The molecule has 2 heterocycles. The molecule has 0 aliphatic carbocycles. The number of benzene rings is 1. The molecule has 96 valence electrons. The number of nitrogens with one attached hydrogen (secondary N) is 2. The van der Waals surface area contributed by atoms with Gasteiger partial charge < -0.3 is 15.4 Å². The van der Waals surface area contributed by atoms with Crippen LogP contribution in [-0.4, -0.2) is 22.7 Å². The Bertz CT molecular complexity index is 546. The number of H-pyrrole nitrogens is 1. The van der Waals surface area contributed by atoms with Gasteiger partial charge in [0, 0.05) is 28.7 Å². The Hall–Kier alpha value is -1.39. The molecular weight excluding hydrogens is 231 g/mol. The second-order valence-electron chi connectivity index (χ2n) is 4.94. The first-order valence-electron chi connectivity index (χ1n) is 6.44. The molecule has 0 radical (unpaired) electrons. The summed E-state index contributed by atoms with van der Waals surface area (Å²) in [7, 11) is 0. The van der Waals surface area contributed by atoms with Crippen LogP contribution in [0, 0.1) is 5.82 Å². The Morgan fingerprint density at radius 2 is 2.22 bits per heavy atom. The Balaban J connectivity index is 1.93. The van der Waals surface area contributed by atoms with E-state index < -0.39 is 6.10 Å². The predicted molar refractivity (Wildman–Crippen MR) is 68.9 cm³/mol. The summed E-state index contributed by atoms with van der Waals surface area (Å²) in [6.45, 7) is 0.957. The van der Waals surface area contributed by atoms with Crippen molar-refractivity contribution in [3.05, 3.63) is 35.8 Å². The van der Waals surface area contributed by atoms with Crippen LogP contribution in [-0.2, 0) is 0 Å². The predicted octanol–water partition coefficient (Wildman–Crippen LogP) is 2.48. The van der Waals surface area contributed by atoms with E-state index in [0.29, 0.717) is 0 Å². The van der Waals surface area contributed by atoms with Crippen LogP contribution >= 0.6 is 0 Å². The monoisotopic (exact) mass is 248 g/mol. The van der Waals surface area contributed by atoms with Gasteiger partial charge in [0.25, 0.3) is 0 Å². The molecule has 1 aromatic heterocycles. The van der Waals surface area contributed by atoms with Gasteiger partial charge in [-0.3, -0.25) is 0 Å². The number of hydrogen-bond acceptors (Lipinski definition) is 2. The van der Waals surface area contributed by atoms with E-state index in [4.69, 9.17) is 0 Å². The molecular formula is C14H17FN2O. The van der Waals surface area contributed by atoms with Crippen LogP contribution in [0.3, 0.4) is 0 Å². The highest BCUT2D eigenvalue weighted by Crippen LogP contribution is 2.29. The van der Waals surface area contributed by atoms with Crippen molar-refractivity contribution in [3.63, 3.8) is 0 Å². The Kier molecular flexibility index (Phi) is 3.06. The number of hydrogen-bond donors (Lipinski definition) is 3. The third kappa shape index (κ3) is 2.02. The number of aliphatic hydroxyl groups is 1. The molecule has 1 saturated heterocycles. The zero-order chi connectivity index (χ0) is 12.5. The molecule has 1 fully saturated rings. The minimum absolute atomic E-state index is 0.0998. The van der Waals surface area contributed by atoms with Gasteiger partial charge in [-0.1, -0.05) is 6.42 Å². The third-order valence-electron chi connectivity index (χ3n) is 3.72. The number of fused-ring (bicyclic) bond motifs is 1. The molecule has 2 unspecified atom stereocenters. The van der Waals surface area contributed by atoms with Gasteiger partial charge in [-0.25, -0.2) is 4.39 Å². The molecule has 0 saturated carbocycles. The minimum Gasteiger partial charge on any atom is -0.387 e. The zero-order valence-electron chi connectivity index (χ0n) is 10.1. The van der Waals surface area contributed by atoms with Crippen molar-refractivity contribution in [3.8, 4) is 0 Å². The van der Waals surface area contributed by atoms with Crippen LogP contribution in [0.4, 0.5) is 4.39 Å². The summed E-state index contributed by atoms with van der Waals surface area (Å²) in [6, 6.07) is 4.71. The van der Waals surface area contributed by atoms with E-state index >= 15 is 0 Å². The fraction of sp³-hybridized carbons (Fsp3) is 0.429. The Morgan fingerprint density at radius 1 is 1.33 bits per heavy atom. The second kappa shape index (κ2) is 4.71. The molecule has 3 nitrogen and oxygen atoms in total. The van der Waals surface area contributed by atoms with Crippen LogP contribution in [0.15, 0.2) is 24.4 Å². The van der Waals surface area contributed by atoms with Gasteiger partial charge in [0.15, 0.2) is 0 Å². The van der Waals surface area contributed by atoms with E-state index in [-0.39, 0.29) is 11.9 Å². The first-order chi connectivity index (χ1) is 8.75. The fourth-order valence-corrected chi connectivity index (χ4v) is 2.73. The molecule has 0 amide bonds. The van der Waals surface area contributed by atoms with E-state index in [1.165, 1.54) is 18.6 Å². The van der Waals surface area contributed by atoms with Crippen molar-refractivity contribution in [2.45, 2.75) is 31.4 Å². The Morgan fingerprint density at radius 3 is 3.00 bits per heavy atom. The molecule has 2 aromatic rings. The van der Waals surface area contributed by atoms with Crippen LogP contribution < -0.4 is 5.32 Å². The van der Waals surface area contributed by atoms with E-state index in [0.717, 1.165) is 35.9 Å². The van der Waals surface area contributed by atoms with E-state index in [9.17, 15) is 9.50 Å². The average molecular weight is 248 g/mol. The highest BCUT2D eigenvalue weighted by molar-refractivity contribution is 5.83. The van der Waals surface area contributed by atoms with Crippen LogP contribution in [0.2, 0.25) is 0 Å². The number of aliphatic hydroxyl groups excluding tert-OH is 1. The summed E-state index contributed by atoms with van der Waals surface area (Å²) in [5.74, 6) is -0.263. The molecule has 2 atom stereocenters. The fourth-order valence-electron chi connectivity index (χ4n) is 2.73. The maximum atomic E-state index is 13.1. The maximum absolute atomic E-state index is 13.1. The quantitative estimate of drug-likeness (QED) is 0.764. The molecule has 3 rings (SSSR count). The molecule has 4 heteroatoms. The highest BCUT2D eigenvalue weighted by Gasteiger charge is 2.24.